The van der Waals surface area contributed by atoms with E-state index in [1.807, 2.05) is 61.7 Å². The summed E-state index contributed by atoms with van der Waals surface area (Å²) in [6.07, 6.45) is 3.47. The molecule has 0 aliphatic heterocycles. The number of amides is 1. The van der Waals surface area contributed by atoms with Gasteiger partial charge < -0.3 is 9.40 Å². The first-order valence-electron chi connectivity index (χ1n) is 7.61. The number of benzene rings is 2. The van der Waals surface area contributed by atoms with Crippen LogP contribution < -0.4 is 5.43 Å². The summed E-state index contributed by atoms with van der Waals surface area (Å²) in [4.78, 5) is 15.5. The van der Waals surface area contributed by atoms with Crippen molar-refractivity contribution in [3.63, 3.8) is 0 Å². The van der Waals surface area contributed by atoms with Gasteiger partial charge in [-0.25, -0.2) is 5.43 Å². The third-order valence-electron chi connectivity index (χ3n) is 4.04. The summed E-state index contributed by atoms with van der Waals surface area (Å²) in [5, 5.41) is 6.03. The highest BCUT2D eigenvalue weighted by Crippen LogP contribution is 2.24. The van der Waals surface area contributed by atoms with Crippen molar-refractivity contribution >= 4 is 34.0 Å². The van der Waals surface area contributed by atoms with Crippen molar-refractivity contribution < 1.29 is 9.21 Å². The van der Waals surface area contributed by atoms with Crippen LogP contribution in [0.3, 0.4) is 0 Å². The van der Waals surface area contributed by atoms with Gasteiger partial charge in [-0.05, 0) is 19.1 Å². The fourth-order valence-corrected chi connectivity index (χ4v) is 2.80. The van der Waals surface area contributed by atoms with Crippen molar-refractivity contribution in [1.82, 2.24) is 10.4 Å². The van der Waals surface area contributed by atoms with Crippen molar-refractivity contribution in [3.05, 3.63) is 71.6 Å². The van der Waals surface area contributed by atoms with Gasteiger partial charge in [0.05, 0.1) is 6.21 Å². The van der Waals surface area contributed by atoms with E-state index in [0.29, 0.717) is 5.58 Å². The molecule has 2 aromatic carbocycles. The number of aryl methyl sites for hydroxylation is 1. The van der Waals surface area contributed by atoms with Crippen LogP contribution in [0.5, 0.6) is 0 Å². The zero-order valence-electron chi connectivity index (χ0n) is 13.0. The molecule has 0 saturated carbocycles. The summed E-state index contributed by atoms with van der Waals surface area (Å²) in [5.41, 5.74) is 5.97. The van der Waals surface area contributed by atoms with E-state index in [1.165, 1.54) is 0 Å². The summed E-state index contributed by atoms with van der Waals surface area (Å²) < 4.78 is 5.63. The second-order valence-electron chi connectivity index (χ2n) is 5.54. The number of hydrogen-bond acceptors (Lipinski definition) is 3. The molecule has 2 heterocycles. The van der Waals surface area contributed by atoms with Gasteiger partial charge in [-0.2, -0.15) is 5.10 Å². The molecule has 0 spiro atoms. The minimum atomic E-state index is -0.361. The quantitative estimate of drug-likeness (QED) is 0.443. The number of hydrogen-bond donors (Lipinski definition) is 2. The number of furan rings is 1. The number of carbonyl (C=O) groups is 1. The van der Waals surface area contributed by atoms with E-state index in [9.17, 15) is 4.79 Å². The molecule has 0 aliphatic carbocycles. The second kappa shape index (κ2) is 5.70. The molecule has 4 aromatic rings. The summed E-state index contributed by atoms with van der Waals surface area (Å²) >= 11 is 0. The normalized spacial score (nSPS) is 11.5. The molecular weight excluding hydrogens is 302 g/mol. The molecule has 2 aromatic heterocycles. The lowest BCUT2D eigenvalue weighted by molar-refractivity contribution is 0.0929. The van der Waals surface area contributed by atoms with Gasteiger partial charge in [0.1, 0.15) is 5.58 Å². The Morgan fingerprint density at radius 3 is 2.71 bits per heavy atom. The lowest BCUT2D eigenvalue weighted by Gasteiger charge is -1.97. The fraction of sp³-hybridized carbons (Fsp3) is 0.0526. The number of nitrogens with one attached hydrogen (secondary N) is 2. The van der Waals surface area contributed by atoms with Gasteiger partial charge >= 0.3 is 5.91 Å². The number of aromatic amines is 1. The number of hydrazone groups is 1. The Hall–Kier alpha value is -3.34. The van der Waals surface area contributed by atoms with Crippen molar-refractivity contribution in [3.8, 4) is 0 Å². The molecule has 24 heavy (non-hydrogen) atoms. The van der Waals surface area contributed by atoms with Gasteiger partial charge in [0.15, 0.2) is 5.76 Å². The Kier molecular flexibility index (Phi) is 3.39. The topological polar surface area (TPSA) is 70.4 Å². The van der Waals surface area contributed by atoms with Crippen molar-refractivity contribution in [2.24, 2.45) is 5.10 Å². The van der Waals surface area contributed by atoms with Crippen molar-refractivity contribution in [1.29, 1.82) is 0 Å². The fourth-order valence-electron chi connectivity index (χ4n) is 2.80. The SMILES string of the molecule is Cc1c(C(=O)N/N=C/c2c[nH]c3ccccc23)oc2ccccc12. The largest absolute Gasteiger partial charge is 0.451 e. The summed E-state index contributed by atoms with van der Waals surface area (Å²) in [7, 11) is 0. The minimum Gasteiger partial charge on any atom is -0.451 e. The van der Waals surface area contributed by atoms with Crippen molar-refractivity contribution in [2.75, 3.05) is 0 Å². The molecule has 0 bridgehead atoms. The Bertz CT molecular complexity index is 1070. The number of carbonyl (C=O) groups excluding carboxylic acids is 1. The van der Waals surface area contributed by atoms with Gasteiger partial charge in [-0.1, -0.05) is 36.4 Å². The van der Waals surface area contributed by atoms with Crippen LogP contribution in [0.2, 0.25) is 0 Å². The van der Waals surface area contributed by atoms with Gasteiger partial charge in [0.2, 0.25) is 0 Å². The molecule has 0 aliphatic rings. The third-order valence-corrected chi connectivity index (χ3v) is 4.04. The number of fused-ring (bicyclic) bond motifs is 2. The van der Waals surface area contributed by atoms with Crippen LogP contribution in [-0.2, 0) is 0 Å². The van der Waals surface area contributed by atoms with E-state index >= 15 is 0 Å². The van der Waals surface area contributed by atoms with Crippen LogP contribution in [0.15, 0.2) is 64.2 Å². The first kappa shape index (κ1) is 14.3. The van der Waals surface area contributed by atoms with E-state index in [-0.39, 0.29) is 11.7 Å². The number of H-pyrrole nitrogens is 1. The Morgan fingerprint density at radius 2 is 1.88 bits per heavy atom. The van der Waals surface area contributed by atoms with Crippen LogP contribution in [-0.4, -0.2) is 17.1 Å². The Labute approximate surface area is 138 Å². The molecule has 0 saturated heterocycles. The molecule has 5 heteroatoms. The number of rotatable bonds is 3. The van der Waals surface area contributed by atoms with Gasteiger partial charge in [-0.15, -0.1) is 0 Å². The number of nitrogens with zero attached hydrogens (tertiary/aromatic N) is 1. The zero-order valence-corrected chi connectivity index (χ0v) is 13.0. The first-order valence-corrected chi connectivity index (χ1v) is 7.61. The predicted octanol–water partition coefficient (Wildman–Crippen LogP) is 3.99. The van der Waals surface area contributed by atoms with Crippen LogP contribution in [0.4, 0.5) is 0 Å². The van der Waals surface area contributed by atoms with Crippen LogP contribution in [0.25, 0.3) is 21.9 Å². The Balaban J connectivity index is 1.56. The Morgan fingerprint density at radius 1 is 1.12 bits per heavy atom. The highest BCUT2D eigenvalue weighted by atomic mass is 16.3. The molecule has 4 rings (SSSR count). The zero-order chi connectivity index (χ0) is 16.5. The second-order valence-corrected chi connectivity index (χ2v) is 5.54. The van der Waals surface area contributed by atoms with Gasteiger partial charge in [-0.3, -0.25) is 4.79 Å². The molecule has 0 unspecified atom stereocenters. The average Bonchev–Trinajstić information content (AvgIpc) is 3.17. The molecule has 0 atom stereocenters. The lowest BCUT2D eigenvalue weighted by atomic mass is 10.1. The standard InChI is InChI=1S/C19H15N3O2/c1-12-14-6-3-5-9-17(14)24-18(12)19(23)22-21-11-13-10-20-16-8-4-2-7-15(13)16/h2-11,20H,1H3,(H,22,23)/b21-11+. The minimum absolute atomic E-state index is 0.285. The van der Waals surface area contributed by atoms with E-state index < -0.39 is 0 Å². The van der Waals surface area contributed by atoms with E-state index in [2.05, 4.69) is 15.5 Å². The van der Waals surface area contributed by atoms with Crippen LogP contribution in [0.1, 0.15) is 21.7 Å². The maximum absolute atomic E-state index is 12.3. The summed E-state index contributed by atoms with van der Waals surface area (Å²) in [6.45, 7) is 1.87. The molecule has 0 radical (unpaired) electrons. The molecule has 5 nitrogen and oxygen atoms in total. The smallest absolute Gasteiger partial charge is 0.307 e. The summed E-state index contributed by atoms with van der Waals surface area (Å²) in [5.74, 6) is -0.0768. The monoisotopic (exact) mass is 317 g/mol. The molecule has 118 valence electrons. The highest BCUT2D eigenvalue weighted by Gasteiger charge is 2.16. The number of aromatic nitrogens is 1. The third kappa shape index (κ3) is 2.36. The molecular formula is C19H15N3O2. The van der Waals surface area contributed by atoms with Crippen molar-refractivity contribution in [2.45, 2.75) is 6.92 Å². The van der Waals surface area contributed by atoms with E-state index in [1.54, 1.807) is 6.21 Å². The predicted molar refractivity (Wildman–Crippen MR) is 94.3 cm³/mol. The van der Waals surface area contributed by atoms with E-state index in [4.69, 9.17) is 4.42 Å². The molecule has 1 amide bonds. The number of para-hydroxylation sites is 2. The molecule has 0 fully saturated rings. The lowest BCUT2D eigenvalue weighted by Crippen LogP contribution is -2.17. The summed E-state index contributed by atoms with van der Waals surface area (Å²) in [6, 6.07) is 15.5. The maximum atomic E-state index is 12.3. The van der Waals surface area contributed by atoms with Gasteiger partial charge in [0.25, 0.3) is 0 Å². The highest BCUT2D eigenvalue weighted by molar-refractivity contribution is 6.01. The first-order chi connectivity index (χ1) is 11.7. The van der Waals surface area contributed by atoms with Crippen LogP contribution >= 0.6 is 0 Å². The maximum Gasteiger partial charge on any atom is 0.307 e. The van der Waals surface area contributed by atoms with Crippen LogP contribution in [0, 0.1) is 6.92 Å². The average molecular weight is 317 g/mol. The molecule has 2 N–H and O–H groups in total. The van der Waals surface area contributed by atoms with Gasteiger partial charge in [0, 0.05) is 33.6 Å². The van der Waals surface area contributed by atoms with E-state index in [0.717, 1.165) is 27.4 Å².